The number of aryl methyl sites for hydroxylation is 4. The highest BCUT2D eigenvalue weighted by molar-refractivity contribution is 7.89. The number of carbonyl (C=O) groups is 1. The van der Waals surface area contributed by atoms with Gasteiger partial charge in [0.2, 0.25) is 15.9 Å². The highest BCUT2D eigenvalue weighted by Crippen LogP contribution is 2.26. The smallest absolute Gasteiger partial charge is 0.243 e. The summed E-state index contributed by atoms with van der Waals surface area (Å²) >= 11 is 0. The van der Waals surface area contributed by atoms with Crippen LogP contribution in [0.1, 0.15) is 40.9 Å². The number of aromatic nitrogens is 2. The lowest BCUT2D eigenvalue weighted by atomic mass is 9.97. The van der Waals surface area contributed by atoms with Crippen molar-refractivity contribution in [3.8, 4) is 5.69 Å². The van der Waals surface area contributed by atoms with E-state index in [1.807, 2.05) is 62.7 Å². The Morgan fingerprint density at radius 1 is 1.00 bits per heavy atom. The fraction of sp³-hybridized carbons (Fsp3) is 0.407. The van der Waals surface area contributed by atoms with Crippen LogP contribution in [0.2, 0.25) is 0 Å². The van der Waals surface area contributed by atoms with Crippen LogP contribution in [0, 0.1) is 33.6 Å². The number of sulfonamides is 1. The summed E-state index contributed by atoms with van der Waals surface area (Å²) in [6, 6.07) is 15.7. The molecular weight excluding hydrogens is 460 g/mol. The van der Waals surface area contributed by atoms with E-state index >= 15 is 0 Å². The first-order valence-corrected chi connectivity index (χ1v) is 13.6. The van der Waals surface area contributed by atoms with Gasteiger partial charge in [-0.2, -0.15) is 9.40 Å². The second-order valence-corrected chi connectivity index (χ2v) is 11.4. The standard InChI is InChI=1S/C27H34N4O3S/c1-19-5-10-26(20(2)17-19)35(33,34)30-15-12-24(13-16-30)27(32)28-14-11-23-6-8-25(9-7-23)31-22(4)18-21(3)29-31/h5-10,17-18,24H,11-16H2,1-4H3,(H,28,32). The number of carbonyl (C=O) groups excluding carboxylic acids is 1. The van der Waals surface area contributed by atoms with Gasteiger partial charge in [0.05, 0.1) is 16.3 Å². The molecule has 0 bridgehead atoms. The molecule has 1 N–H and O–H groups in total. The molecule has 1 fully saturated rings. The number of benzene rings is 2. The number of hydrogen-bond donors (Lipinski definition) is 1. The molecule has 0 spiro atoms. The Labute approximate surface area is 208 Å². The summed E-state index contributed by atoms with van der Waals surface area (Å²) in [4.78, 5) is 13.1. The summed E-state index contributed by atoms with van der Waals surface area (Å²) in [5.41, 5.74) is 6.04. The molecule has 0 aliphatic carbocycles. The molecule has 3 aromatic rings. The van der Waals surface area contributed by atoms with Gasteiger partial charge in [-0.1, -0.05) is 29.8 Å². The first-order valence-electron chi connectivity index (χ1n) is 12.1. The summed E-state index contributed by atoms with van der Waals surface area (Å²) in [6.07, 6.45) is 1.81. The lowest BCUT2D eigenvalue weighted by Gasteiger charge is -2.31. The van der Waals surface area contributed by atoms with Crippen molar-refractivity contribution in [2.75, 3.05) is 19.6 Å². The second kappa shape index (κ2) is 10.3. The Balaban J connectivity index is 1.26. The maximum absolute atomic E-state index is 13.1. The number of piperidine rings is 1. The van der Waals surface area contributed by atoms with Gasteiger partial charge in [-0.15, -0.1) is 0 Å². The molecule has 2 aromatic carbocycles. The summed E-state index contributed by atoms with van der Waals surface area (Å²) in [6.45, 7) is 9.07. The minimum atomic E-state index is -3.54. The van der Waals surface area contributed by atoms with Crippen molar-refractivity contribution >= 4 is 15.9 Å². The quantitative estimate of drug-likeness (QED) is 0.541. The molecule has 0 radical (unpaired) electrons. The Kier molecular flexibility index (Phi) is 7.42. The van der Waals surface area contributed by atoms with Gasteiger partial charge in [-0.3, -0.25) is 4.79 Å². The molecule has 0 unspecified atom stereocenters. The van der Waals surface area contributed by atoms with Crippen molar-refractivity contribution in [3.05, 3.63) is 76.6 Å². The maximum atomic E-state index is 13.1. The molecular formula is C27H34N4O3S. The number of rotatable bonds is 7. The number of nitrogens with one attached hydrogen (secondary N) is 1. The van der Waals surface area contributed by atoms with E-state index in [1.165, 1.54) is 4.31 Å². The van der Waals surface area contributed by atoms with Crippen LogP contribution in [0.25, 0.3) is 5.69 Å². The van der Waals surface area contributed by atoms with E-state index < -0.39 is 10.0 Å². The van der Waals surface area contributed by atoms with Gasteiger partial charge < -0.3 is 5.32 Å². The van der Waals surface area contributed by atoms with E-state index in [0.29, 0.717) is 37.4 Å². The fourth-order valence-electron chi connectivity index (χ4n) is 4.75. The topological polar surface area (TPSA) is 84.3 Å². The lowest BCUT2D eigenvalue weighted by molar-refractivity contribution is -0.126. The lowest BCUT2D eigenvalue weighted by Crippen LogP contribution is -2.43. The van der Waals surface area contributed by atoms with Gasteiger partial charge >= 0.3 is 0 Å². The molecule has 0 saturated carbocycles. The van der Waals surface area contributed by atoms with E-state index in [2.05, 4.69) is 22.5 Å². The van der Waals surface area contributed by atoms with Crippen molar-refractivity contribution in [2.45, 2.75) is 51.9 Å². The summed E-state index contributed by atoms with van der Waals surface area (Å²) in [5.74, 6) is -0.151. The second-order valence-electron chi connectivity index (χ2n) is 9.49. The zero-order chi connectivity index (χ0) is 25.2. The minimum Gasteiger partial charge on any atom is -0.356 e. The summed E-state index contributed by atoms with van der Waals surface area (Å²) in [5, 5.41) is 7.55. The predicted octanol–water partition coefficient (Wildman–Crippen LogP) is 3.87. The van der Waals surface area contributed by atoms with Gasteiger partial charge in [0.1, 0.15) is 0 Å². The van der Waals surface area contributed by atoms with Gasteiger partial charge in [0.25, 0.3) is 0 Å². The molecule has 1 aromatic heterocycles. The van der Waals surface area contributed by atoms with Crippen LogP contribution in [0.5, 0.6) is 0 Å². The fourth-order valence-corrected chi connectivity index (χ4v) is 6.43. The molecule has 1 aliphatic rings. The number of amides is 1. The molecule has 1 amide bonds. The van der Waals surface area contributed by atoms with E-state index in [-0.39, 0.29) is 11.8 Å². The number of hydrogen-bond acceptors (Lipinski definition) is 4. The van der Waals surface area contributed by atoms with Crippen molar-refractivity contribution < 1.29 is 13.2 Å². The van der Waals surface area contributed by atoms with Crippen LogP contribution in [0.15, 0.2) is 53.4 Å². The van der Waals surface area contributed by atoms with Gasteiger partial charge in [0.15, 0.2) is 0 Å². The maximum Gasteiger partial charge on any atom is 0.243 e. The van der Waals surface area contributed by atoms with E-state index in [1.54, 1.807) is 6.07 Å². The van der Waals surface area contributed by atoms with E-state index in [0.717, 1.165) is 40.2 Å². The van der Waals surface area contributed by atoms with Crippen molar-refractivity contribution in [3.63, 3.8) is 0 Å². The third-order valence-electron chi connectivity index (χ3n) is 6.68. The van der Waals surface area contributed by atoms with Crippen LogP contribution < -0.4 is 5.32 Å². The highest BCUT2D eigenvalue weighted by atomic mass is 32.2. The van der Waals surface area contributed by atoms with Gasteiger partial charge in [-0.25, -0.2) is 13.1 Å². The third kappa shape index (κ3) is 5.65. The molecule has 1 aliphatic heterocycles. The molecule has 0 atom stereocenters. The van der Waals surface area contributed by atoms with Crippen molar-refractivity contribution in [2.24, 2.45) is 5.92 Å². The average molecular weight is 495 g/mol. The SMILES string of the molecule is Cc1ccc(S(=O)(=O)N2CCC(C(=O)NCCc3ccc(-n4nc(C)cc4C)cc3)CC2)c(C)c1. The first-order chi connectivity index (χ1) is 16.6. The summed E-state index contributed by atoms with van der Waals surface area (Å²) in [7, 11) is -3.54. The third-order valence-corrected chi connectivity index (χ3v) is 8.74. The van der Waals surface area contributed by atoms with E-state index in [4.69, 9.17) is 0 Å². The molecule has 7 nitrogen and oxygen atoms in total. The Bertz CT molecular complexity index is 1300. The zero-order valence-corrected chi connectivity index (χ0v) is 21.7. The predicted molar refractivity (Wildman–Crippen MR) is 137 cm³/mol. The summed E-state index contributed by atoms with van der Waals surface area (Å²) < 4.78 is 29.6. The Morgan fingerprint density at radius 2 is 1.69 bits per heavy atom. The van der Waals surface area contributed by atoms with Crippen LogP contribution in [-0.4, -0.2) is 48.0 Å². The van der Waals surface area contributed by atoms with Crippen LogP contribution in [0.4, 0.5) is 0 Å². The monoisotopic (exact) mass is 494 g/mol. The van der Waals surface area contributed by atoms with Crippen LogP contribution in [-0.2, 0) is 21.2 Å². The molecule has 35 heavy (non-hydrogen) atoms. The van der Waals surface area contributed by atoms with Crippen molar-refractivity contribution in [1.82, 2.24) is 19.4 Å². The molecule has 8 heteroatoms. The molecule has 1 saturated heterocycles. The van der Waals surface area contributed by atoms with Crippen molar-refractivity contribution in [1.29, 1.82) is 0 Å². The highest BCUT2D eigenvalue weighted by Gasteiger charge is 2.32. The minimum absolute atomic E-state index is 0.00725. The normalized spacial score (nSPS) is 15.3. The number of nitrogens with zero attached hydrogens (tertiary/aromatic N) is 3. The first kappa shape index (κ1) is 25.1. The molecule has 4 rings (SSSR count). The molecule has 186 valence electrons. The van der Waals surface area contributed by atoms with Gasteiger partial charge in [-0.05, 0) is 82.3 Å². The Hall–Kier alpha value is -2.97. The van der Waals surface area contributed by atoms with E-state index in [9.17, 15) is 13.2 Å². The van der Waals surface area contributed by atoms with Crippen LogP contribution >= 0.6 is 0 Å². The Morgan fingerprint density at radius 3 is 2.29 bits per heavy atom. The van der Waals surface area contributed by atoms with Gasteiger partial charge in [0, 0.05) is 31.2 Å². The largest absolute Gasteiger partial charge is 0.356 e. The molecule has 2 heterocycles. The average Bonchev–Trinajstić information content (AvgIpc) is 3.17. The van der Waals surface area contributed by atoms with Crippen LogP contribution in [0.3, 0.4) is 0 Å². The zero-order valence-electron chi connectivity index (χ0n) is 20.9.